The van der Waals surface area contributed by atoms with E-state index in [9.17, 15) is 14.0 Å². The lowest BCUT2D eigenvalue weighted by atomic mass is 9.94. The first-order chi connectivity index (χ1) is 20.2. The molecule has 1 amide bonds. The second-order valence-electron chi connectivity index (χ2n) is 10.2. The molecule has 1 aromatic heterocycles. The van der Waals surface area contributed by atoms with E-state index in [0.717, 1.165) is 34.5 Å². The molecule has 1 atom stereocenters. The third-order valence-corrected chi connectivity index (χ3v) is 6.78. The molecule has 2 aromatic carbocycles. The van der Waals surface area contributed by atoms with Crippen molar-refractivity contribution in [3.63, 3.8) is 0 Å². The molecular formula is C35H41FN2O4. The Morgan fingerprint density at radius 1 is 1.14 bits per heavy atom. The summed E-state index contributed by atoms with van der Waals surface area (Å²) in [6.07, 6.45) is 8.50. The molecule has 2 N–H and O–H groups in total. The first kappa shape index (κ1) is 32.3. The molecule has 1 aliphatic rings. The zero-order valence-electron chi connectivity index (χ0n) is 24.9. The van der Waals surface area contributed by atoms with Crippen LogP contribution in [0.25, 0.3) is 22.4 Å². The van der Waals surface area contributed by atoms with Crippen LogP contribution in [0.2, 0.25) is 0 Å². The van der Waals surface area contributed by atoms with Gasteiger partial charge in [0.05, 0.1) is 30.4 Å². The van der Waals surface area contributed by atoms with Crippen molar-refractivity contribution >= 4 is 11.9 Å². The Morgan fingerprint density at radius 2 is 1.83 bits per heavy atom. The number of aliphatic hydroxyl groups excluding tert-OH is 1. The standard InChI is InChI=1S/C30H33FN2O.C5H8O3/c1-6-9-16-25(13-7-2)32-30(34)27-26(22-14-11-10-12-15-22)29(23-17-19-24(31)20-18-23)33(8-3)28(27)21(4)5;6-4-1-2-8-5(7)3-4/h7,9-21H,2,6,8H2,1,3-5H3,(H,32,34);4,6H,1-3H2/b16-9-,25-13+;/t;4-/m.1/s1. The summed E-state index contributed by atoms with van der Waals surface area (Å²) >= 11 is 0. The lowest BCUT2D eigenvalue weighted by Gasteiger charge is -2.15. The van der Waals surface area contributed by atoms with Crippen molar-refractivity contribution in [1.82, 2.24) is 9.88 Å². The molecule has 0 bridgehead atoms. The van der Waals surface area contributed by atoms with Crippen molar-refractivity contribution in [2.24, 2.45) is 0 Å². The zero-order chi connectivity index (χ0) is 30.6. The molecule has 1 saturated heterocycles. The van der Waals surface area contributed by atoms with Gasteiger partial charge in [0, 0.05) is 29.9 Å². The zero-order valence-corrected chi connectivity index (χ0v) is 24.9. The Kier molecular flexibility index (Phi) is 12.1. The number of ether oxygens (including phenoxy) is 1. The molecule has 0 aliphatic carbocycles. The van der Waals surface area contributed by atoms with E-state index in [4.69, 9.17) is 5.11 Å². The fourth-order valence-corrected chi connectivity index (χ4v) is 4.96. The summed E-state index contributed by atoms with van der Waals surface area (Å²) < 4.78 is 20.5. The van der Waals surface area contributed by atoms with E-state index in [1.165, 1.54) is 12.1 Å². The smallest absolute Gasteiger partial charge is 0.308 e. The summed E-state index contributed by atoms with van der Waals surface area (Å²) in [5.41, 5.74) is 5.87. The second kappa shape index (κ2) is 15.7. The van der Waals surface area contributed by atoms with Gasteiger partial charge in [-0.3, -0.25) is 9.59 Å². The largest absolute Gasteiger partial charge is 0.465 e. The molecule has 2 heterocycles. The summed E-state index contributed by atoms with van der Waals surface area (Å²) in [6.45, 7) is 13.1. The number of allylic oxidation sites excluding steroid dienone is 4. The Labute approximate surface area is 248 Å². The van der Waals surface area contributed by atoms with Gasteiger partial charge in [-0.1, -0.05) is 69.8 Å². The number of carbonyl (C=O) groups excluding carboxylic acids is 2. The van der Waals surface area contributed by atoms with Crippen molar-refractivity contribution in [2.45, 2.75) is 65.5 Å². The molecule has 222 valence electrons. The van der Waals surface area contributed by atoms with Crippen LogP contribution in [-0.4, -0.2) is 34.3 Å². The predicted molar refractivity (Wildman–Crippen MR) is 166 cm³/mol. The number of aliphatic hydroxyl groups is 1. The lowest BCUT2D eigenvalue weighted by molar-refractivity contribution is -0.151. The van der Waals surface area contributed by atoms with Gasteiger partial charge in [0.1, 0.15) is 5.82 Å². The Balaban J connectivity index is 0.000000521. The van der Waals surface area contributed by atoms with Crippen LogP contribution in [0.3, 0.4) is 0 Å². The van der Waals surface area contributed by atoms with Crippen LogP contribution in [-0.2, 0) is 16.1 Å². The number of amides is 1. The monoisotopic (exact) mass is 572 g/mol. The van der Waals surface area contributed by atoms with Gasteiger partial charge >= 0.3 is 5.97 Å². The van der Waals surface area contributed by atoms with E-state index < -0.39 is 6.10 Å². The Morgan fingerprint density at radius 3 is 2.36 bits per heavy atom. The number of benzene rings is 2. The molecule has 3 aromatic rings. The van der Waals surface area contributed by atoms with Crippen LogP contribution in [0, 0.1) is 5.82 Å². The van der Waals surface area contributed by atoms with E-state index in [0.29, 0.717) is 30.8 Å². The van der Waals surface area contributed by atoms with Gasteiger partial charge in [-0.15, -0.1) is 0 Å². The lowest BCUT2D eigenvalue weighted by Crippen LogP contribution is -2.24. The maximum atomic E-state index is 13.9. The number of aromatic nitrogens is 1. The van der Waals surface area contributed by atoms with Gasteiger partial charge in [-0.25, -0.2) is 4.39 Å². The minimum Gasteiger partial charge on any atom is -0.465 e. The molecule has 1 fully saturated rings. The van der Waals surface area contributed by atoms with Crippen molar-refractivity contribution in [3.05, 3.63) is 108 Å². The molecule has 0 unspecified atom stereocenters. The molecule has 6 nitrogen and oxygen atoms in total. The van der Waals surface area contributed by atoms with Crippen LogP contribution >= 0.6 is 0 Å². The average Bonchev–Trinajstić information content (AvgIpc) is 3.33. The van der Waals surface area contributed by atoms with E-state index >= 15 is 0 Å². The third-order valence-electron chi connectivity index (χ3n) is 6.78. The highest BCUT2D eigenvalue weighted by Gasteiger charge is 2.30. The number of rotatable bonds is 9. The van der Waals surface area contributed by atoms with Crippen molar-refractivity contribution < 1.29 is 23.8 Å². The van der Waals surface area contributed by atoms with Gasteiger partial charge in [0.25, 0.3) is 5.91 Å². The Bertz CT molecular complexity index is 1420. The minimum atomic E-state index is -0.462. The van der Waals surface area contributed by atoms with Crippen LogP contribution in [0.1, 0.15) is 68.9 Å². The molecule has 0 saturated carbocycles. The van der Waals surface area contributed by atoms with Crippen molar-refractivity contribution in [3.8, 4) is 22.4 Å². The number of cyclic esters (lactones) is 1. The SMILES string of the molecule is C=C/C=C(\C=C/CC)NC(=O)c1c(-c2ccccc2)c(-c2ccc(F)cc2)n(CC)c1C(C)C.O=C1C[C@H](O)CCO1. The fourth-order valence-electron chi connectivity index (χ4n) is 4.96. The van der Waals surface area contributed by atoms with Gasteiger partial charge in [-0.2, -0.15) is 0 Å². The number of carbonyl (C=O) groups is 2. The van der Waals surface area contributed by atoms with Crippen LogP contribution in [0.4, 0.5) is 4.39 Å². The highest BCUT2D eigenvalue weighted by atomic mass is 19.1. The summed E-state index contributed by atoms with van der Waals surface area (Å²) in [6, 6.07) is 16.4. The summed E-state index contributed by atoms with van der Waals surface area (Å²) in [5.74, 6) is -0.658. The topological polar surface area (TPSA) is 80.6 Å². The van der Waals surface area contributed by atoms with Gasteiger partial charge < -0.3 is 19.7 Å². The number of hydrogen-bond donors (Lipinski definition) is 2. The van der Waals surface area contributed by atoms with Gasteiger partial charge in [0.2, 0.25) is 0 Å². The quantitative estimate of drug-likeness (QED) is 0.205. The summed E-state index contributed by atoms with van der Waals surface area (Å²) in [4.78, 5) is 24.2. The van der Waals surface area contributed by atoms with Crippen LogP contribution in [0.5, 0.6) is 0 Å². The van der Waals surface area contributed by atoms with E-state index in [-0.39, 0.29) is 30.0 Å². The van der Waals surface area contributed by atoms with Crippen molar-refractivity contribution in [2.75, 3.05) is 6.61 Å². The average molecular weight is 573 g/mol. The predicted octanol–water partition coefficient (Wildman–Crippen LogP) is 7.55. The number of nitrogens with one attached hydrogen (secondary N) is 1. The normalized spacial score (nSPS) is 15.3. The maximum Gasteiger partial charge on any atom is 0.308 e. The number of esters is 1. The highest BCUT2D eigenvalue weighted by molar-refractivity contribution is 6.07. The van der Waals surface area contributed by atoms with E-state index in [2.05, 4.69) is 42.0 Å². The molecular weight excluding hydrogens is 531 g/mol. The van der Waals surface area contributed by atoms with E-state index in [1.54, 1.807) is 24.3 Å². The maximum absolute atomic E-state index is 13.9. The molecule has 1 aliphatic heterocycles. The molecule has 7 heteroatoms. The van der Waals surface area contributed by atoms with Gasteiger partial charge in [0.15, 0.2) is 0 Å². The highest BCUT2D eigenvalue weighted by Crippen LogP contribution is 2.42. The number of halogens is 1. The third kappa shape index (κ3) is 8.17. The second-order valence-corrected chi connectivity index (χ2v) is 10.2. The first-order valence-electron chi connectivity index (χ1n) is 14.4. The van der Waals surface area contributed by atoms with Crippen LogP contribution in [0.15, 0.2) is 91.2 Å². The fraction of sp³-hybridized carbons (Fsp3) is 0.314. The molecule has 0 radical (unpaired) electrons. The molecule has 42 heavy (non-hydrogen) atoms. The Hall–Kier alpha value is -4.23. The molecule has 0 spiro atoms. The number of nitrogens with zero attached hydrogens (tertiary/aromatic N) is 1. The van der Waals surface area contributed by atoms with Crippen LogP contribution < -0.4 is 5.32 Å². The van der Waals surface area contributed by atoms with E-state index in [1.807, 2.05) is 49.4 Å². The van der Waals surface area contributed by atoms with Gasteiger partial charge in [-0.05, 0) is 66.8 Å². The first-order valence-corrected chi connectivity index (χ1v) is 14.4. The summed E-state index contributed by atoms with van der Waals surface area (Å²) in [5, 5.41) is 11.9. The number of hydrogen-bond acceptors (Lipinski definition) is 4. The summed E-state index contributed by atoms with van der Waals surface area (Å²) in [7, 11) is 0. The van der Waals surface area contributed by atoms with Crippen molar-refractivity contribution in [1.29, 1.82) is 0 Å². The molecule has 4 rings (SSSR count). The minimum absolute atomic E-state index is 0.0929.